The van der Waals surface area contributed by atoms with Gasteiger partial charge in [-0.2, -0.15) is 11.8 Å². The Balaban J connectivity index is -0.0000000248. The van der Waals surface area contributed by atoms with Crippen LogP contribution in [0.1, 0.15) is 269 Å². The Morgan fingerprint density at radius 1 is 0.613 bits per heavy atom. The Bertz CT molecular complexity index is 698. The van der Waals surface area contributed by atoms with Crippen molar-refractivity contribution >= 4 is 41.9 Å². The van der Waals surface area contributed by atoms with Crippen LogP contribution in [0.2, 0.25) is 0 Å². The highest BCUT2D eigenvalue weighted by molar-refractivity contribution is 7.99. The van der Waals surface area contributed by atoms with Crippen LogP contribution in [0.25, 0.3) is 0 Å². The molecule has 0 spiro atoms. The third kappa shape index (κ3) is 97.2. The van der Waals surface area contributed by atoms with Crippen molar-refractivity contribution in [2.45, 2.75) is 281 Å². The molecule has 0 aliphatic heterocycles. The molecule has 0 bridgehead atoms. The molecule has 0 saturated heterocycles. The van der Waals surface area contributed by atoms with E-state index in [1.54, 1.807) is 0 Å². The van der Waals surface area contributed by atoms with E-state index in [4.69, 9.17) is 9.47 Å². The van der Waals surface area contributed by atoms with Crippen LogP contribution in [0, 0.1) is 5.92 Å². The quantitative estimate of drug-likeness (QED) is 0.0393. The van der Waals surface area contributed by atoms with Crippen molar-refractivity contribution < 1.29 is 43.3 Å². The standard InChI is InChI=1S/C27H47NO9S.24CH4/c1-4-5-6-7-8-9-10-11-12-13-23(37-20-30)17-26(33)36-14-15-38-19-24(28-21(2)31)25(32)16-22(18-29)27(34)35-3;;;;;;;;;;;;;;;;;;;;;;;;/h20,22-24,29H,4-19H2,1-3H3,(H,28,31);24*1H4/t22-,23+,24-;;;;;;;;;;;;;;;;;;;;;;;;/m0......................../s1. The average Bonchev–Trinajstić information content (AvgIpc) is 2.89. The number of nitrogens with one attached hydrogen (secondary N) is 1. The van der Waals surface area contributed by atoms with Gasteiger partial charge >= 0.3 is 11.9 Å². The van der Waals surface area contributed by atoms with E-state index in [9.17, 15) is 29.1 Å². The minimum absolute atomic E-state index is 0. The molecule has 0 rings (SSSR count). The van der Waals surface area contributed by atoms with Gasteiger partial charge in [0.2, 0.25) is 5.91 Å². The maximum absolute atomic E-state index is 12.5. The second-order valence-electron chi connectivity index (χ2n) is 9.30. The highest BCUT2D eigenvalue weighted by Crippen LogP contribution is 2.15. The molecule has 0 aromatic carbocycles. The van der Waals surface area contributed by atoms with Gasteiger partial charge in [-0.3, -0.25) is 24.0 Å². The summed E-state index contributed by atoms with van der Waals surface area (Å²) in [6, 6.07) is -0.853. The number of carbonyl (C=O) groups excluding carboxylic acids is 5. The van der Waals surface area contributed by atoms with Gasteiger partial charge in [0.1, 0.15) is 12.7 Å². The summed E-state index contributed by atoms with van der Waals surface area (Å²) in [6.07, 6.45) is 10.4. The van der Waals surface area contributed by atoms with E-state index in [1.165, 1.54) is 64.3 Å². The monoisotopic (exact) mass is 946 g/mol. The molecule has 62 heavy (non-hydrogen) atoms. The molecule has 0 aliphatic carbocycles. The third-order valence-corrected chi connectivity index (χ3v) is 7.04. The molecule has 3 atom stereocenters. The predicted octanol–water partition coefficient (Wildman–Crippen LogP) is 18.6. The molecule has 0 unspecified atom stereocenters. The Hall–Kier alpha value is -2.14. The number of hydrogen-bond donors (Lipinski definition) is 2. The zero-order valence-electron chi connectivity index (χ0n) is 23.2. The molecule has 0 aliphatic rings. The minimum atomic E-state index is -0.994. The summed E-state index contributed by atoms with van der Waals surface area (Å²) >= 11 is 1.30. The summed E-state index contributed by atoms with van der Waals surface area (Å²) in [5.41, 5.74) is 0. The molecule has 1 amide bonds. The molecule has 11 heteroatoms. The van der Waals surface area contributed by atoms with E-state index in [0.717, 1.165) is 19.3 Å². The van der Waals surface area contributed by atoms with Crippen molar-refractivity contribution in [1.29, 1.82) is 0 Å². The van der Waals surface area contributed by atoms with Crippen molar-refractivity contribution in [3.05, 3.63) is 0 Å². The van der Waals surface area contributed by atoms with Crippen LogP contribution < -0.4 is 5.32 Å². The SMILES string of the molecule is C.C.C.C.C.C.C.C.C.C.C.C.C.C.C.C.C.C.C.C.C.C.C.C.CCCCCCCCCCC[C@H](CC(=O)OCCSC[C@H](NC(C)=O)C(=O)C[C@@H](CO)C(=O)OC)OC=O. The molecule has 412 valence electrons. The lowest BCUT2D eigenvalue weighted by atomic mass is 10.00. The number of Topliss-reactive ketones (excluding diaryl/α,β-unsaturated/α-hetero) is 1. The lowest BCUT2D eigenvalue weighted by Crippen LogP contribution is -2.43. The second-order valence-corrected chi connectivity index (χ2v) is 10.4. The Kier molecular flexibility index (Phi) is 325. The zero-order chi connectivity index (χ0) is 28.6. The summed E-state index contributed by atoms with van der Waals surface area (Å²) < 4.78 is 14.9. The van der Waals surface area contributed by atoms with E-state index in [2.05, 4.69) is 17.0 Å². The lowest BCUT2D eigenvalue weighted by Gasteiger charge is -2.19. The van der Waals surface area contributed by atoms with E-state index < -0.39 is 48.3 Å². The van der Waals surface area contributed by atoms with Crippen molar-refractivity contribution in [2.24, 2.45) is 5.92 Å². The molecule has 10 nitrogen and oxygen atoms in total. The van der Waals surface area contributed by atoms with E-state index in [0.29, 0.717) is 18.6 Å². The number of aliphatic hydroxyl groups excluding tert-OH is 1. The molecule has 0 saturated carbocycles. The molecular weight excluding hydrogens is 803 g/mol. The number of ketones is 1. The van der Waals surface area contributed by atoms with E-state index >= 15 is 0 Å². The van der Waals surface area contributed by atoms with Gasteiger partial charge in [-0.15, -0.1) is 0 Å². The maximum Gasteiger partial charge on any atom is 0.311 e. The number of carbonyl (C=O) groups is 5. The van der Waals surface area contributed by atoms with Crippen LogP contribution in [-0.2, 0) is 38.2 Å². The molecule has 0 heterocycles. The summed E-state index contributed by atoms with van der Waals surface area (Å²) in [4.78, 5) is 58.7. The number of ether oxygens (including phenoxy) is 3. The van der Waals surface area contributed by atoms with Crippen molar-refractivity contribution in [3.8, 4) is 0 Å². The fraction of sp³-hybridized carbons (Fsp3) is 0.902. The Morgan fingerprint density at radius 2 is 1.00 bits per heavy atom. The van der Waals surface area contributed by atoms with Crippen LogP contribution in [-0.4, -0.2) is 79.2 Å². The van der Waals surface area contributed by atoms with Gasteiger partial charge in [0.25, 0.3) is 6.47 Å². The van der Waals surface area contributed by atoms with Gasteiger partial charge < -0.3 is 24.6 Å². The van der Waals surface area contributed by atoms with E-state index in [1.807, 2.05) is 0 Å². The van der Waals surface area contributed by atoms with Gasteiger partial charge in [-0.05, 0) is 12.8 Å². The molecule has 0 aromatic heterocycles. The van der Waals surface area contributed by atoms with Crippen molar-refractivity contribution in [2.75, 3.05) is 31.8 Å². The Labute approximate surface area is 408 Å². The first-order chi connectivity index (χ1) is 18.3. The van der Waals surface area contributed by atoms with Crippen LogP contribution >= 0.6 is 11.8 Å². The first-order valence-electron chi connectivity index (χ1n) is 13.6. The number of aliphatic hydroxyl groups is 1. The van der Waals surface area contributed by atoms with Gasteiger partial charge in [-0.25, -0.2) is 0 Å². The summed E-state index contributed by atoms with van der Waals surface area (Å²) in [7, 11) is 1.17. The van der Waals surface area contributed by atoms with Crippen LogP contribution in [0.15, 0.2) is 0 Å². The first kappa shape index (κ1) is 171. The number of amides is 1. The summed E-state index contributed by atoms with van der Waals surface area (Å²) in [5.74, 6) is -2.37. The van der Waals surface area contributed by atoms with Crippen LogP contribution in [0.3, 0.4) is 0 Å². The van der Waals surface area contributed by atoms with Gasteiger partial charge in [0, 0.05) is 24.9 Å². The van der Waals surface area contributed by atoms with Crippen molar-refractivity contribution in [3.63, 3.8) is 0 Å². The average molecular weight is 947 g/mol. The molecule has 0 aromatic rings. The van der Waals surface area contributed by atoms with Crippen molar-refractivity contribution in [1.82, 2.24) is 5.32 Å². The van der Waals surface area contributed by atoms with Crippen LogP contribution in [0.4, 0.5) is 0 Å². The predicted molar refractivity (Wildman–Crippen MR) is 307 cm³/mol. The van der Waals surface area contributed by atoms with Crippen LogP contribution in [0.5, 0.6) is 0 Å². The minimum Gasteiger partial charge on any atom is -0.469 e. The molecular formula is C51H143NO9S. The fourth-order valence-electron chi connectivity index (χ4n) is 3.87. The first-order valence-corrected chi connectivity index (χ1v) is 14.7. The highest BCUT2D eigenvalue weighted by atomic mass is 32.2. The second kappa shape index (κ2) is 118. The maximum atomic E-state index is 12.5. The van der Waals surface area contributed by atoms with E-state index in [-0.39, 0.29) is 203 Å². The number of thioether (sulfide) groups is 1. The third-order valence-electron chi connectivity index (χ3n) is 6.02. The number of unbranched alkanes of at least 4 members (excludes halogenated alkanes) is 8. The van der Waals surface area contributed by atoms with Gasteiger partial charge in [0.15, 0.2) is 5.78 Å². The number of rotatable bonds is 25. The highest BCUT2D eigenvalue weighted by Gasteiger charge is 2.27. The smallest absolute Gasteiger partial charge is 0.311 e. The lowest BCUT2D eigenvalue weighted by molar-refractivity contribution is -0.149. The number of hydrogen-bond acceptors (Lipinski definition) is 10. The summed E-state index contributed by atoms with van der Waals surface area (Å²) in [6.45, 7) is 3.40. The number of esters is 2. The number of methoxy groups -OCH3 is 1. The van der Waals surface area contributed by atoms with Gasteiger partial charge in [-0.1, -0.05) is 237 Å². The molecule has 2 N–H and O–H groups in total. The molecule has 0 fully saturated rings. The Morgan fingerprint density at radius 3 is 1.34 bits per heavy atom. The normalized spacial score (nSPS) is 8.06. The zero-order valence-corrected chi connectivity index (χ0v) is 24.1. The molecule has 0 radical (unpaired) electrons. The topological polar surface area (TPSA) is 145 Å². The van der Waals surface area contributed by atoms with Gasteiger partial charge in [0.05, 0.1) is 32.1 Å². The fourth-order valence-corrected chi connectivity index (χ4v) is 4.75. The largest absolute Gasteiger partial charge is 0.469 e. The summed E-state index contributed by atoms with van der Waals surface area (Å²) in [5, 5.41) is 11.9.